The smallest absolute Gasteiger partial charge is 0.254 e. The Balaban J connectivity index is 1.65. The minimum Gasteiger partial charge on any atom is -0.497 e. The van der Waals surface area contributed by atoms with Gasteiger partial charge in [-0.25, -0.2) is 0 Å². The van der Waals surface area contributed by atoms with E-state index in [0.717, 1.165) is 38.4 Å². The third kappa shape index (κ3) is 3.08. The zero-order valence-electron chi connectivity index (χ0n) is 14.2. The summed E-state index contributed by atoms with van der Waals surface area (Å²) >= 11 is 0. The molecule has 0 bridgehead atoms. The van der Waals surface area contributed by atoms with Gasteiger partial charge >= 0.3 is 0 Å². The average molecular weight is 318 g/mol. The van der Waals surface area contributed by atoms with Crippen molar-refractivity contribution in [3.8, 4) is 5.75 Å². The lowest BCUT2D eigenvalue weighted by Crippen LogP contribution is -2.72. The van der Waals surface area contributed by atoms with Crippen LogP contribution in [0.4, 0.5) is 0 Å². The molecule has 1 aromatic carbocycles. The molecule has 1 atom stereocenters. The Labute approximate surface area is 138 Å². The van der Waals surface area contributed by atoms with Crippen molar-refractivity contribution < 1.29 is 14.3 Å². The van der Waals surface area contributed by atoms with E-state index in [2.05, 4.69) is 11.9 Å². The van der Waals surface area contributed by atoms with Crippen molar-refractivity contribution in [2.75, 3.05) is 47.5 Å². The van der Waals surface area contributed by atoms with Gasteiger partial charge in [0.1, 0.15) is 5.75 Å². The molecule has 0 unspecified atom stereocenters. The first kappa shape index (κ1) is 16.3. The summed E-state index contributed by atoms with van der Waals surface area (Å²) in [5.41, 5.74) is 0.835. The van der Waals surface area contributed by atoms with Gasteiger partial charge in [-0.05, 0) is 50.6 Å². The average Bonchev–Trinajstić information content (AvgIpc) is 2.54. The number of ether oxygens (including phenoxy) is 2. The highest BCUT2D eigenvalue weighted by molar-refractivity contribution is 5.95. The molecule has 0 aromatic heterocycles. The first-order valence-corrected chi connectivity index (χ1v) is 8.21. The number of carbonyl (C=O) groups excluding carboxylic acids is 1. The summed E-state index contributed by atoms with van der Waals surface area (Å²) in [6.45, 7) is 3.51. The molecule has 0 saturated carbocycles. The van der Waals surface area contributed by atoms with Crippen molar-refractivity contribution in [2.24, 2.45) is 5.92 Å². The molecule has 1 aromatic rings. The number of carbonyl (C=O) groups is 1. The second-order valence-electron chi connectivity index (χ2n) is 6.85. The Morgan fingerprint density at radius 1 is 1.35 bits per heavy atom. The van der Waals surface area contributed by atoms with E-state index >= 15 is 0 Å². The van der Waals surface area contributed by atoms with Crippen molar-refractivity contribution >= 4 is 5.91 Å². The third-order valence-electron chi connectivity index (χ3n) is 5.33. The highest BCUT2D eigenvalue weighted by Crippen LogP contribution is 2.38. The lowest BCUT2D eigenvalue weighted by molar-refractivity contribution is -0.0731. The molecule has 2 heterocycles. The molecular weight excluding hydrogens is 292 g/mol. The molecular formula is C18H26N2O3. The topological polar surface area (TPSA) is 42.0 Å². The van der Waals surface area contributed by atoms with Gasteiger partial charge in [-0.3, -0.25) is 9.69 Å². The SMILES string of the molecule is COC[C@H]1CCN(C)C2(C1)CN(C(=O)c1cccc(OC)c1)C2. The van der Waals surface area contributed by atoms with Gasteiger partial charge in [0.25, 0.3) is 5.91 Å². The number of likely N-dealkylation sites (tertiary alicyclic amines) is 2. The van der Waals surface area contributed by atoms with Crippen LogP contribution in [0.15, 0.2) is 24.3 Å². The minimum absolute atomic E-state index is 0.0942. The van der Waals surface area contributed by atoms with E-state index in [1.165, 1.54) is 6.42 Å². The molecule has 5 nitrogen and oxygen atoms in total. The van der Waals surface area contributed by atoms with Crippen molar-refractivity contribution in [1.29, 1.82) is 0 Å². The lowest BCUT2D eigenvalue weighted by Gasteiger charge is -2.58. The van der Waals surface area contributed by atoms with E-state index in [-0.39, 0.29) is 11.4 Å². The van der Waals surface area contributed by atoms with Crippen molar-refractivity contribution in [3.63, 3.8) is 0 Å². The van der Waals surface area contributed by atoms with Crippen molar-refractivity contribution in [2.45, 2.75) is 18.4 Å². The molecule has 23 heavy (non-hydrogen) atoms. The van der Waals surface area contributed by atoms with Gasteiger partial charge in [-0.15, -0.1) is 0 Å². The van der Waals surface area contributed by atoms with Crippen LogP contribution in [-0.4, -0.2) is 68.8 Å². The maximum Gasteiger partial charge on any atom is 0.254 e. The van der Waals surface area contributed by atoms with E-state index in [1.54, 1.807) is 14.2 Å². The molecule has 126 valence electrons. The van der Waals surface area contributed by atoms with E-state index in [0.29, 0.717) is 11.5 Å². The highest BCUT2D eigenvalue weighted by Gasteiger charge is 2.50. The molecule has 2 fully saturated rings. The quantitative estimate of drug-likeness (QED) is 0.850. The Morgan fingerprint density at radius 3 is 2.83 bits per heavy atom. The van der Waals surface area contributed by atoms with Crippen LogP contribution in [0.2, 0.25) is 0 Å². The van der Waals surface area contributed by atoms with Crippen LogP contribution in [0.1, 0.15) is 23.2 Å². The van der Waals surface area contributed by atoms with Crippen LogP contribution >= 0.6 is 0 Å². The molecule has 1 spiro atoms. The summed E-state index contributed by atoms with van der Waals surface area (Å²) in [6, 6.07) is 7.39. The number of methoxy groups -OCH3 is 2. The van der Waals surface area contributed by atoms with Gasteiger partial charge < -0.3 is 14.4 Å². The molecule has 2 saturated heterocycles. The summed E-state index contributed by atoms with van der Waals surface area (Å²) in [6.07, 6.45) is 2.29. The van der Waals surface area contributed by atoms with E-state index in [9.17, 15) is 4.79 Å². The summed E-state index contributed by atoms with van der Waals surface area (Å²) < 4.78 is 10.5. The standard InChI is InChI=1S/C18H26N2O3/c1-19-8-7-14(11-22-2)10-18(19)12-20(13-18)17(21)15-5-4-6-16(9-15)23-3/h4-6,9,14H,7-8,10-13H2,1-3H3/t14-/m0/s1. The van der Waals surface area contributed by atoms with Gasteiger partial charge in [0.05, 0.1) is 12.6 Å². The molecule has 0 aliphatic carbocycles. The fourth-order valence-electron chi connectivity index (χ4n) is 3.90. The lowest BCUT2D eigenvalue weighted by atomic mass is 9.75. The zero-order chi connectivity index (χ0) is 16.4. The molecule has 1 amide bonds. The number of rotatable bonds is 4. The first-order valence-electron chi connectivity index (χ1n) is 8.21. The van der Waals surface area contributed by atoms with Crippen LogP contribution in [0, 0.1) is 5.92 Å². The number of hydrogen-bond donors (Lipinski definition) is 0. The number of likely N-dealkylation sites (N-methyl/N-ethyl adjacent to an activating group) is 1. The Bertz CT molecular complexity index is 569. The number of piperidine rings is 1. The monoisotopic (exact) mass is 318 g/mol. The van der Waals surface area contributed by atoms with Gasteiger partial charge in [-0.2, -0.15) is 0 Å². The van der Waals surface area contributed by atoms with Crippen LogP contribution < -0.4 is 4.74 Å². The molecule has 2 aliphatic rings. The molecule has 3 rings (SSSR count). The van der Waals surface area contributed by atoms with Crippen LogP contribution in [0.3, 0.4) is 0 Å². The number of nitrogens with zero attached hydrogens (tertiary/aromatic N) is 2. The molecule has 2 aliphatic heterocycles. The van der Waals surface area contributed by atoms with Crippen molar-refractivity contribution in [1.82, 2.24) is 9.80 Å². The Kier molecular flexibility index (Phi) is 4.60. The normalized spacial score (nSPS) is 23.6. The van der Waals surface area contributed by atoms with Crippen molar-refractivity contribution in [3.05, 3.63) is 29.8 Å². The van der Waals surface area contributed by atoms with Gasteiger partial charge in [0.2, 0.25) is 0 Å². The molecule has 0 N–H and O–H groups in total. The van der Waals surface area contributed by atoms with Crippen LogP contribution in [0.25, 0.3) is 0 Å². The predicted molar refractivity (Wildman–Crippen MR) is 88.9 cm³/mol. The minimum atomic E-state index is 0.0942. The predicted octanol–water partition coefficient (Wildman–Crippen LogP) is 1.88. The maximum atomic E-state index is 12.7. The van der Waals surface area contributed by atoms with Gasteiger partial charge in [-0.1, -0.05) is 6.07 Å². The van der Waals surface area contributed by atoms with E-state index in [4.69, 9.17) is 9.47 Å². The molecule has 0 radical (unpaired) electrons. The Hall–Kier alpha value is -1.59. The zero-order valence-corrected chi connectivity index (χ0v) is 14.2. The summed E-state index contributed by atoms with van der Waals surface area (Å²) in [7, 11) is 5.57. The van der Waals surface area contributed by atoms with Crippen LogP contribution in [-0.2, 0) is 4.74 Å². The summed E-state index contributed by atoms with van der Waals surface area (Å²) in [4.78, 5) is 17.0. The largest absolute Gasteiger partial charge is 0.497 e. The number of hydrogen-bond acceptors (Lipinski definition) is 4. The number of benzene rings is 1. The fraction of sp³-hybridized carbons (Fsp3) is 0.611. The summed E-state index contributed by atoms with van der Waals surface area (Å²) in [5, 5.41) is 0. The van der Waals surface area contributed by atoms with Gasteiger partial charge in [0.15, 0.2) is 0 Å². The van der Waals surface area contributed by atoms with E-state index in [1.807, 2.05) is 29.2 Å². The number of amides is 1. The second-order valence-corrected chi connectivity index (χ2v) is 6.85. The van der Waals surface area contributed by atoms with Crippen LogP contribution in [0.5, 0.6) is 5.75 Å². The maximum absolute atomic E-state index is 12.7. The fourth-order valence-corrected chi connectivity index (χ4v) is 3.90. The van der Waals surface area contributed by atoms with E-state index < -0.39 is 0 Å². The van der Waals surface area contributed by atoms with Gasteiger partial charge in [0, 0.05) is 32.4 Å². The summed E-state index contributed by atoms with van der Waals surface area (Å²) in [5.74, 6) is 1.42. The first-order chi connectivity index (χ1) is 11.1. The second kappa shape index (κ2) is 6.49. The third-order valence-corrected chi connectivity index (χ3v) is 5.33. The Morgan fingerprint density at radius 2 is 2.13 bits per heavy atom. The highest BCUT2D eigenvalue weighted by atomic mass is 16.5. The molecule has 5 heteroatoms.